The lowest BCUT2D eigenvalue weighted by Gasteiger charge is -2.11. The Hall–Kier alpha value is -4.02. The Bertz CT molecular complexity index is 1380. The predicted molar refractivity (Wildman–Crippen MR) is 173 cm³/mol. The number of aromatic nitrogens is 2. The van der Waals surface area contributed by atoms with Crippen LogP contribution < -0.4 is 9.47 Å². The number of nitrogens with one attached hydrogen (secondary N) is 2. The van der Waals surface area contributed by atoms with E-state index in [1.807, 2.05) is 64.8 Å². The average Bonchev–Trinajstić information content (AvgIpc) is 3.61. The standard InChI is InChI=1S/C34H46N4O6/c1-37(2)19-17-25-23-35-27-13-11-15-29(31(25)27)43-33(39)41-21-9-7-5-6-8-10-22-42-34(40)44-30-16-12-14-28-32(30)26(24-36-28)18-20-38(3)4/h11-16,23-24,35-36H,5-10,17-22H2,1-4H3. The fraction of sp³-hybridized carbons (Fsp3) is 0.471. The molecule has 0 spiro atoms. The molecule has 0 aliphatic heterocycles. The summed E-state index contributed by atoms with van der Waals surface area (Å²) in [4.78, 5) is 35.4. The Balaban J connectivity index is 1.07. The van der Waals surface area contributed by atoms with Crippen molar-refractivity contribution in [3.63, 3.8) is 0 Å². The van der Waals surface area contributed by atoms with Crippen molar-refractivity contribution in [3.05, 3.63) is 59.9 Å². The molecule has 0 aliphatic rings. The third-order valence-electron chi connectivity index (χ3n) is 7.52. The maximum atomic E-state index is 12.3. The van der Waals surface area contributed by atoms with Gasteiger partial charge in [0.25, 0.3) is 0 Å². The Kier molecular flexibility index (Phi) is 12.5. The van der Waals surface area contributed by atoms with Gasteiger partial charge >= 0.3 is 12.3 Å². The predicted octanol–water partition coefficient (Wildman–Crippen LogP) is 6.93. The van der Waals surface area contributed by atoms with Gasteiger partial charge < -0.3 is 38.7 Å². The zero-order valence-electron chi connectivity index (χ0n) is 26.4. The van der Waals surface area contributed by atoms with Crippen LogP contribution in [0.25, 0.3) is 21.8 Å². The van der Waals surface area contributed by atoms with Crippen molar-refractivity contribution in [2.24, 2.45) is 0 Å². The number of benzene rings is 2. The number of aromatic amines is 2. The highest BCUT2D eigenvalue weighted by atomic mass is 16.7. The molecule has 0 bridgehead atoms. The molecule has 2 heterocycles. The normalized spacial score (nSPS) is 11.5. The molecule has 0 aliphatic carbocycles. The second-order valence-corrected chi connectivity index (χ2v) is 11.6. The van der Waals surface area contributed by atoms with Gasteiger partial charge in [-0.05, 0) is 89.3 Å². The van der Waals surface area contributed by atoms with E-state index in [0.29, 0.717) is 24.7 Å². The van der Waals surface area contributed by atoms with E-state index in [1.165, 1.54) is 0 Å². The summed E-state index contributed by atoms with van der Waals surface area (Å²) in [6.45, 7) is 2.43. The van der Waals surface area contributed by atoms with E-state index >= 15 is 0 Å². The SMILES string of the molecule is CN(C)CCc1c[nH]c2cccc(OC(=O)OCCCCCCCCOC(=O)Oc3cccc4[nH]cc(CCN(C)C)c34)c12. The molecule has 4 rings (SSSR count). The van der Waals surface area contributed by atoms with Crippen LogP contribution in [0.15, 0.2) is 48.8 Å². The van der Waals surface area contributed by atoms with E-state index in [1.54, 1.807) is 12.1 Å². The van der Waals surface area contributed by atoms with Gasteiger partial charge in [0, 0.05) is 47.3 Å². The molecule has 10 heteroatoms. The van der Waals surface area contributed by atoms with E-state index in [2.05, 4.69) is 19.8 Å². The number of nitrogens with zero attached hydrogens (tertiary/aromatic N) is 2. The molecule has 0 saturated carbocycles. The first-order valence-electron chi connectivity index (χ1n) is 15.5. The van der Waals surface area contributed by atoms with Crippen molar-refractivity contribution in [2.75, 3.05) is 54.5 Å². The van der Waals surface area contributed by atoms with Crippen molar-refractivity contribution in [1.29, 1.82) is 0 Å². The van der Waals surface area contributed by atoms with E-state index in [-0.39, 0.29) is 0 Å². The van der Waals surface area contributed by atoms with Gasteiger partial charge in [0.05, 0.1) is 13.2 Å². The molecule has 0 atom stereocenters. The van der Waals surface area contributed by atoms with Crippen LogP contribution in [0.4, 0.5) is 9.59 Å². The van der Waals surface area contributed by atoms with Crippen LogP contribution in [0, 0.1) is 0 Å². The van der Waals surface area contributed by atoms with Gasteiger partial charge in [-0.25, -0.2) is 9.59 Å². The van der Waals surface area contributed by atoms with Crippen LogP contribution >= 0.6 is 0 Å². The number of fused-ring (bicyclic) bond motifs is 2. The smallest absolute Gasteiger partial charge is 0.434 e. The first-order valence-corrected chi connectivity index (χ1v) is 15.5. The summed E-state index contributed by atoms with van der Waals surface area (Å²) in [7, 11) is 8.14. The minimum absolute atomic E-state index is 0.315. The van der Waals surface area contributed by atoms with Crippen LogP contribution in [0.1, 0.15) is 49.7 Å². The highest BCUT2D eigenvalue weighted by Gasteiger charge is 2.15. The highest BCUT2D eigenvalue weighted by molar-refractivity contribution is 5.91. The summed E-state index contributed by atoms with van der Waals surface area (Å²) < 4.78 is 21.8. The van der Waals surface area contributed by atoms with Crippen LogP contribution in [0.3, 0.4) is 0 Å². The minimum atomic E-state index is -0.682. The van der Waals surface area contributed by atoms with Crippen molar-refractivity contribution in [1.82, 2.24) is 19.8 Å². The molecule has 4 aromatic rings. The van der Waals surface area contributed by atoms with Gasteiger partial charge in [-0.15, -0.1) is 0 Å². The minimum Gasteiger partial charge on any atom is -0.434 e. The summed E-state index contributed by atoms with van der Waals surface area (Å²) in [5.74, 6) is 1.03. The molecule has 238 valence electrons. The third kappa shape index (κ3) is 9.75. The van der Waals surface area contributed by atoms with Crippen molar-refractivity contribution in [2.45, 2.75) is 51.4 Å². The molecule has 10 nitrogen and oxygen atoms in total. The van der Waals surface area contributed by atoms with Gasteiger partial charge in [-0.1, -0.05) is 37.8 Å². The molecule has 44 heavy (non-hydrogen) atoms. The molecule has 2 aromatic carbocycles. The zero-order chi connectivity index (χ0) is 31.3. The molecule has 0 amide bonds. The van der Waals surface area contributed by atoms with E-state index in [9.17, 15) is 9.59 Å². The van der Waals surface area contributed by atoms with Gasteiger partial charge in [-0.2, -0.15) is 0 Å². The molecule has 2 N–H and O–H groups in total. The fourth-order valence-electron chi connectivity index (χ4n) is 5.15. The lowest BCUT2D eigenvalue weighted by Crippen LogP contribution is -2.15. The van der Waals surface area contributed by atoms with Crippen LogP contribution in [-0.2, 0) is 22.3 Å². The van der Waals surface area contributed by atoms with Gasteiger partial charge in [-0.3, -0.25) is 0 Å². The Morgan fingerprint density at radius 1 is 0.614 bits per heavy atom. The summed E-state index contributed by atoms with van der Waals surface area (Å²) in [5.41, 5.74) is 4.09. The number of carbonyl (C=O) groups is 2. The molecule has 2 aromatic heterocycles. The second kappa shape index (κ2) is 16.7. The molecule has 0 unspecified atom stereocenters. The number of carbonyl (C=O) groups excluding carboxylic acids is 2. The fourth-order valence-corrected chi connectivity index (χ4v) is 5.15. The highest BCUT2D eigenvalue weighted by Crippen LogP contribution is 2.31. The Morgan fingerprint density at radius 2 is 1.02 bits per heavy atom. The summed E-state index contributed by atoms with van der Waals surface area (Å²) in [6.07, 6.45) is 9.70. The average molecular weight is 607 g/mol. The summed E-state index contributed by atoms with van der Waals surface area (Å²) in [5, 5.41) is 1.85. The van der Waals surface area contributed by atoms with Crippen LogP contribution in [0.2, 0.25) is 0 Å². The number of unbranched alkanes of at least 4 members (excludes halogenated alkanes) is 5. The van der Waals surface area contributed by atoms with Crippen molar-refractivity contribution >= 4 is 34.1 Å². The Labute approximate surface area is 259 Å². The topological polar surface area (TPSA) is 109 Å². The number of rotatable bonds is 17. The van der Waals surface area contributed by atoms with Gasteiger partial charge in [0.2, 0.25) is 0 Å². The van der Waals surface area contributed by atoms with Crippen molar-refractivity contribution in [3.8, 4) is 11.5 Å². The summed E-state index contributed by atoms with van der Waals surface area (Å²) >= 11 is 0. The maximum Gasteiger partial charge on any atom is 0.513 e. The number of H-pyrrole nitrogens is 2. The lowest BCUT2D eigenvalue weighted by molar-refractivity contribution is 0.0957. The number of hydrogen-bond donors (Lipinski definition) is 2. The molecular formula is C34H46N4O6. The first kappa shape index (κ1) is 32.9. The Morgan fingerprint density at radius 3 is 1.43 bits per heavy atom. The number of likely N-dealkylation sites (N-methyl/N-ethyl adjacent to an activating group) is 2. The first-order chi connectivity index (χ1) is 21.3. The maximum absolute atomic E-state index is 12.3. The van der Waals surface area contributed by atoms with Gasteiger partial charge in [0.1, 0.15) is 11.5 Å². The molecule has 0 radical (unpaired) electrons. The van der Waals surface area contributed by atoms with E-state index in [4.69, 9.17) is 18.9 Å². The zero-order valence-corrected chi connectivity index (χ0v) is 26.4. The van der Waals surface area contributed by atoms with Gasteiger partial charge in [0.15, 0.2) is 0 Å². The van der Waals surface area contributed by atoms with Crippen LogP contribution in [0.5, 0.6) is 11.5 Å². The largest absolute Gasteiger partial charge is 0.513 e. The quantitative estimate of drug-likeness (QED) is 0.0757. The molecule has 0 saturated heterocycles. The third-order valence-corrected chi connectivity index (χ3v) is 7.52. The lowest BCUT2D eigenvalue weighted by atomic mass is 10.1. The summed E-state index contributed by atoms with van der Waals surface area (Å²) in [6, 6.07) is 11.3. The number of ether oxygens (including phenoxy) is 4. The number of hydrogen-bond acceptors (Lipinski definition) is 8. The molecule has 0 fully saturated rings. The van der Waals surface area contributed by atoms with Crippen LogP contribution in [-0.4, -0.2) is 86.6 Å². The van der Waals surface area contributed by atoms with E-state index in [0.717, 1.165) is 97.4 Å². The second-order valence-electron chi connectivity index (χ2n) is 11.6. The van der Waals surface area contributed by atoms with E-state index < -0.39 is 12.3 Å². The molecular weight excluding hydrogens is 560 g/mol. The van der Waals surface area contributed by atoms with Crippen molar-refractivity contribution < 1.29 is 28.5 Å². The monoisotopic (exact) mass is 606 g/mol.